The zero-order valence-corrected chi connectivity index (χ0v) is 11.1. The van der Waals surface area contributed by atoms with Crippen LogP contribution in [0.5, 0.6) is 0 Å². The van der Waals surface area contributed by atoms with Gasteiger partial charge in [0, 0.05) is 24.5 Å². The van der Waals surface area contributed by atoms with E-state index < -0.39 is 0 Å². The molecule has 1 aliphatic heterocycles. The van der Waals surface area contributed by atoms with Crippen molar-refractivity contribution in [3.63, 3.8) is 0 Å². The van der Waals surface area contributed by atoms with Crippen LogP contribution < -0.4 is 4.90 Å². The van der Waals surface area contributed by atoms with Crippen LogP contribution >= 0.6 is 23.4 Å². The molecule has 1 fully saturated rings. The van der Waals surface area contributed by atoms with E-state index in [1.165, 1.54) is 0 Å². The number of alkyl halides is 1. The van der Waals surface area contributed by atoms with Crippen molar-refractivity contribution in [2.45, 2.75) is 23.7 Å². The minimum atomic E-state index is 0.304. The predicted molar refractivity (Wildman–Crippen MR) is 69.4 cm³/mol. The lowest BCUT2D eigenvalue weighted by atomic mass is 10.00. The van der Waals surface area contributed by atoms with Crippen LogP contribution in [0, 0.1) is 5.92 Å². The van der Waals surface area contributed by atoms with Crippen LogP contribution in [0.2, 0.25) is 0 Å². The van der Waals surface area contributed by atoms with E-state index in [2.05, 4.69) is 21.8 Å². The molecule has 2 rings (SSSR count). The summed E-state index contributed by atoms with van der Waals surface area (Å²) in [4.78, 5) is 10.8. The highest BCUT2D eigenvalue weighted by molar-refractivity contribution is 7.98. The zero-order valence-electron chi connectivity index (χ0n) is 9.56. The number of anilines is 1. The van der Waals surface area contributed by atoms with Crippen molar-refractivity contribution in [2.24, 2.45) is 5.92 Å². The van der Waals surface area contributed by atoms with Crippen LogP contribution in [-0.2, 0) is 0 Å². The Kier molecular flexibility index (Phi) is 3.92. The first-order chi connectivity index (χ1) is 7.70. The molecule has 0 spiro atoms. The first-order valence-electron chi connectivity index (χ1n) is 5.45. The summed E-state index contributed by atoms with van der Waals surface area (Å²) in [6.45, 7) is 4.17. The highest BCUT2D eigenvalue weighted by Crippen LogP contribution is 2.26. The molecule has 3 nitrogen and oxygen atoms in total. The summed E-state index contributed by atoms with van der Waals surface area (Å²) in [7, 11) is 0. The largest absolute Gasteiger partial charge is 0.356 e. The summed E-state index contributed by atoms with van der Waals surface area (Å²) in [6, 6.07) is 2.05. The second-order valence-electron chi connectivity index (χ2n) is 4.15. The second-order valence-corrected chi connectivity index (χ2v) is 5.53. The monoisotopic (exact) mass is 257 g/mol. The summed E-state index contributed by atoms with van der Waals surface area (Å²) in [6.07, 6.45) is 4.69. The highest BCUT2D eigenvalue weighted by atomic mass is 35.5. The van der Waals surface area contributed by atoms with Crippen molar-refractivity contribution in [2.75, 3.05) is 24.2 Å². The maximum atomic E-state index is 6.21. The maximum Gasteiger partial charge on any atom is 0.133 e. The number of nitrogens with zero attached hydrogens (tertiary/aromatic N) is 3. The van der Waals surface area contributed by atoms with Gasteiger partial charge in [-0.15, -0.1) is 23.4 Å². The molecule has 2 heterocycles. The summed E-state index contributed by atoms with van der Waals surface area (Å²) < 4.78 is 0. The van der Waals surface area contributed by atoms with Gasteiger partial charge in [-0.1, -0.05) is 6.92 Å². The molecule has 0 saturated carbocycles. The van der Waals surface area contributed by atoms with Crippen molar-refractivity contribution in [3.05, 3.63) is 12.4 Å². The van der Waals surface area contributed by atoms with E-state index in [-0.39, 0.29) is 0 Å². The van der Waals surface area contributed by atoms with Gasteiger partial charge in [-0.05, 0) is 18.6 Å². The number of aromatic nitrogens is 2. The molecule has 0 radical (unpaired) electrons. The Hall–Kier alpha value is -0.480. The summed E-state index contributed by atoms with van der Waals surface area (Å²) in [5, 5.41) is 1.32. The van der Waals surface area contributed by atoms with Crippen LogP contribution in [0.3, 0.4) is 0 Å². The van der Waals surface area contributed by atoms with E-state index in [1.54, 1.807) is 18.1 Å². The molecule has 1 aromatic rings. The third kappa shape index (κ3) is 2.61. The summed E-state index contributed by atoms with van der Waals surface area (Å²) >= 11 is 7.86. The average molecular weight is 258 g/mol. The SMILES string of the molecule is CSc1cc(N2CCC(Cl)C(C)C2)ncn1. The summed E-state index contributed by atoms with van der Waals surface area (Å²) in [5.41, 5.74) is 0. The molecule has 1 aromatic heterocycles. The second kappa shape index (κ2) is 5.23. The van der Waals surface area contributed by atoms with Crippen molar-refractivity contribution >= 4 is 29.2 Å². The molecule has 0 amide bonds. The standard InChI is InChI=1S/C11H16ClN3S/c1-8-6-15(4-3-9(8)12)10-5-11(16-2)14-7-13-10/h5,7-9H,3-4,6H2,1-2H3. The molecular weight excluding hydrogens is 242 g/mol. The quantitative estimate of drug-likeness (QED) is 0.463. The predicted octanol–water partition coefficient (Wildman–Crippen LogP) is 2.65. The molecule has 16 heavy (non-hydrogen) atoms. The number of halogens is 1. The number of hydrogen-bond donors (Lipinski definition) is 0. The maximum absolute atomic E-state index is 6.21. The van der Waals surface area contributed by atoms with Gasteiger partial charge in [0.25, 0.3) is 0 Å². The normalized spacial score (nSPS) is 25.8. The highest BCUT2D eigenvalue weighted by Gasteiger charge is 2.25. The lowest BCUT2D eigenvalue weighted by Gasteiger charge is -2.34. The fraction of sp³-hybridized carbons (Fsp3) is 0.636. The third-order valence-corrected chi connectivity index (χ3v) is 4.25. The topological polar surface area (TPSA) is 29.0 Å². The molecular formula is C11H16ClN3S. The molecule has 0 N–H and O–H groups in total. The van der Waals surface area contributed by atoms with Gasteiger partial charge in [-0.3, -0.25) is 0 Å². The Bertz CT molecular complexity index is 361. The van der Waals surface area contributed by atoms with E-state index in [0.29, 0.717) is 11.3 Å². The fourth-order valence-electron chi connectivity index (χ4n) is 1.94. The number of thioether (sulfide) groups is 1. The minimum Gasteiger partial charge on any atom is -0.356 e. The van der Waals surface area contributed by atoms with Crippen LogP contribution in [0.1, 0.15) is 13.3 Å². The summed E-state index contributed by atoms with van der Waals surface area (Å²) in [5.74, 6) is 1.54. The van der Waals surface area contributed by atoms with Crippen molar-refractivity contribution in [1.29, 1.82) is 0 Å². The van der Waals surface area contributed by atoms with Crippen LogP contribution in [-0.4, -0.2) is 34.7 Å². The van der Waals surface area contributed by atoms with Gasteiger partial charge >= 0.3 is 0 Å². The van der Waals surface area contributed by atoms with Gasteiger partial charge in [-0.25, -0.2) is 9.97 Å². The molecule has 1 saturated heterocycles. The van der Waals surface area contributed by atoms with Gasteiger partial charge in [0.05, 0.1) is 0 Å². The lowest BCUT2D eigenvalue weighted by molar-refractivity contribution is 0.452. The Morgan fingerprint density at radius 3 is 3.00 bits per heavy atom. The third-order valence-electron chi connectivity index (χ3n) is 2.96. The minimum absolute atomic E-state index is 0.304. The van der Waals surface area contributed by atoms with Crippen LogP contribution in [0.25, 0.3) is 0 Å². The molecule has 5 heteroatoms. The molecule has 0 aromatic carbocycles. The Morgan fingerprint density at radius 2 is 2.31 bits per heavy atom. The van der Waals surface area contributed by atoms with E-state index in [4.69, 9.17) is 11.6 Å². The number of rotatable bonds is 2. The molecule has 2 atom stereocenters. The van der Waals surface area contributed by atoms with Gasteiger partial charge in [-0.2, -0.15) is 0 Å². The Morgan fingerprint density at radius 1 is 1.50 bits per heavy atom. The van der Waals surface area contributed by atoms with Gasteiger partial charge in [0.15, 0.2) is 0 Å². The first-order valence-corrected chi connectivity index (χ1v) is 7.12. The fourth-order valence-corrected chi connectivity index (χ4v) is 2.49. The van der Waals surface area contributed by atoms with Gasteiger partial charge in [0.2, 0.25) is 0 Å². The lowest BCUT2D eigenvalue weighted by Crippen LogP contribution is -2.40. The first kappa shape index (κ1) is 12.0. The Balaban J connectivity index is 2.12. The van der Waals surface area contributed by atoms with Crippen LogP contribution in [0.4, 0.5) is 5.82 Å². The van der Waals surface area contributed by atoms with Gasteiger partial charge < -0.3 is 4.90 Å². The van der Waals surface area contributed by atoms with E-state index in [1.807, 2.05) is 12.3 Å². The molecule has 0 aliphatic carbocycles. The van der Waals surface area contributed by atoms with E-state index in [0.717, 1.165) is 30.4 Å². The molecule has 88 valence electrons. The van der Waals surface area contributed by atoms with E-state index in [9.17, 15) is 0 Å². The number of hydrogen-bond acceptors (Lipinski definition) is 4. The van der Waals surface area contributed by atoms with Crippen molar-refractivity contribution in [3.8, 4) is 0 Å². The Labute approximate surface area is 106 Å². The molecule has 2 unspecified atom stereocenters. The molecule has 1 aliphatic rings. The smallest absolute Gasteiger partial charge is 0.133 e. The zero-order chi connectivity index (χ0) is 11.5. The average Bonchev–Trinajstić information content (AvgIpc) is 2.33. The van der Waals surface area contributed by atoms with Crippen LogP contribution in [0.15, 0.2) is 17.4 Å². The van der Waals surface area contributed by atoms with E-state index >= 15 is 0 Å². The van der Waals surface area contributed by atoms with Crippen molar-refractivity contribution < 1.29 is 0 Å². The van der Waals surface area contributed by atoms with Crippen molar-refractivity contribution in [1.82, 2.24) is 9.97 Å². The van der Waals surface area contributed by atoms with Gasteiger partial charge in [0.1, 0.15) is 17.2 Å². The molecule has 0 bridgehead atoms. The number of piperidine rings is 1.